The predicted octanol–water partition coefficient (Wildman–Crippen LogP) is 1.54. The van der Waals surface area contributed by atoms with E-state index in [1.165, 1.54) is 6.92 Å². The van der Waals surface area contributed by atoms with Crippen LogP contribution in [0.4, 0.5) is 5.13 Å². The van der Waals surface area contributed by atoms with Crippen molar-refractivity contribution in [2.24, 2.45) is 0 Å². The average Bonchev–Trinajstić information content (AvgIpc) is 2.95. The molecule has 1 aromatic carbocycles. The Morgan fingerprint density at radius 3 is 2.48 bits per heavy atom. The Hall–Kier alpha value is -2.04. The quantitative estimate of drug-likeness (QED) is 0.760. The number of anilines is 1. The highest BCUT2D eigenvalue weighted by Gasteiger charge is 2.23. The Labute approximate surface area is 137 Å². The van der Waals surface area contributed by atoms with Gasteiger partial charge in [-0.25, -0.2) is 13.1 Å². The molecule has 0 spiro atoms. The molecule has 0 radical (unpaired) electrons. The Morgan fingerprint density at radius 1 is 1.26 bits per heavy atom. The first-order chi connectivity index (χ1) is 10.8. The van der Waals surface area contributed by atoms with E-state index in [4.69, 9.17) is 4.74 Å². The number of methoxy groups -OCH3 is 1. The number of amides is 1. The second-order valence-electron chi connectivity index (χ2n) is 4.67. The van der Waals surface area contributed by atoms with E-state index in [1.54, 1.807) is 38.3 Å². The summed E-state index contributed by atoms with van der Waals surface area (Å²) in [5, 5.41) is 9.75. The van der Waals surface area contributed by atoms with Gasteiger partial charge in [0.05, 0.1) is 7.11 Å². The molecule has 1 atom stereocenters. The standard InChI is InChI=1S/C13H16N4O4S2/c1-8(10-4-6-11(21-3)7-5-10)17-23(19,20)13-16-15-12(22-13)14-9(2)18/h4-8,17H,1-3H3,(H,14,15,18)/t8-/m0/s1. The molecule has 0 bridgehead atoms. The Kier molecular flexibility index (Phi) is 5.29. The normalized spacial score (nSPS) is 12.7. The minimum absolute atomic E-state index is 0.134. The summed E-state index contributed by atoms with van der Waals surface area (Å²) in [5.41, 5.74) is 0.779. The first-order valence-corrected chi connectivity index (χ1v) is 8.89. The second kappa shape index (κ2) is 7.02. The molecule has 1 heterocycles. The number of aromatic nitrogens is 2. The van der Waals surface area contributed by atoms with Gasteiger partial charge in [-0.1, -0.05) is 23.5 Å². The van der Waals surface area contributed by atoms with E-state index < -0.39 is 16.1 Å². The number of hydrogen-bond donors (Lipinski definition) is 2. The number of carbonyl (C=O) groups is 1. The highest BCUT2D eigenvalue weighted by atomic mass is 32.2. The van der Waals surface area contributed by atoms with E-state index in [9.17, 15) is 13.2 Å². The van der Waals surface area contributed by atoms with Crippen LogP contribution in [0.15, 0.2) is 28.6 Å². The summed E-state index contributed by atoms with van der Waals surface area (Å²) in [6, 6.07) is 6.59. The molecule has 1 amide bonds. The van der Waals surface area contributed by atoms with Crippen molar-refractivity contribution in [3.8, 4) is 5.75 Å². The smallest absolute Gasteiger partial charge is 0.270 e. The van der Waals surface area contributed by atoms with Crippen molar-refractivity contribution in [2.75, 3.05) is 12.4 Å². The number of hydrogen-bond acceptors (Lipinski definition) is 7. The van der Waals surface area contributed by atoms with Crippen LogP contribution in [0.5, 0.6) is 5.75 Å². The predicted molar refractivity (Wildman–Crippen MR) is 85.9 cm³/mol. The molecule has 124 valence electrons. The monoisotopic (exact) mass is 356 g/mol. The summed E-state index contributed by atoms with van der Waals surface area (Å²) < 4.78 is 32.0. The van der Waals surface area contributed by atoms with Crippen LogP contribution in [0.25, 0.3) is 0 Å². The fraction of sp³-hybridized carbons (Fsp3) is 0.308. The van der Waals surface area contributed by atoms with Gasteiger partial charge in [0.15, 0.2) is 0 Å². The van der Waals surface area contributed by atoms with E-state index in [1.807, 2.05) is 0 Å². The summed E-state index contributed by atoms with van der Waals surface area (Å²) in [5.74, 6) is 0.345. The molecular formula is C13H16N4O4S2. The first kappa shape index (κ1) is 17.3. The van der Waals surface area contributed by atoms with Gasteiger partial charge in [-0.05, 0) is 24.6 Å². The molecule has 2 N–H and O–H groups in total. The van der Waals surface area contributed by atoms with Crippen molar-refractivity contribution >= 4 is 32.4 Å². The van der Waals surface area contributed by atoms with Gasteiger partial charge in [-0.15, -0.1) is 10.2 Å². The largest absolute Gasteiger partial charge is 0.497 e. The van der Waals surface area contributed by atoms with Crippen molar-refractivity contribution < 1.29 is 17.9 Å². The zero-order valence-corrected chi connectivity index (χ0v) is 14.4. The van der Waals surface area contributed by atoms with Gasteiger partial charge >= 0.3 is 0 Å². The Bertz CT molecular complexity index is 787. The molecule has 23 heavy (non-hydrogen) atoms. The third-order valence-electron chi connectivity index (χ3n) is 2.87. The molecule has 0 fully saturated rings. The molecule has 0 aliphatic carbocycles. The summed E-state index contributed by atoms with van der Waals surface area (Å²) >= 11 is 0.787. The highest BCUT2D eigenvalue weighted by molar-refractivity contribution is 7.91. The number of ether oxygens (including phenoxy) is 1. The van der Waals surface area contributed by atoms with Crippen LogP contribution in [0.1, 0.15) is 25.5 Å². The maximum absolute atomic E-state index is 12.3. The number of sulfonamides is 1. The van der Waals surface area contributed by atoms with Crippen molar-refractivity contribution in [3.05, 3.63) is 29.8 Å². The maximum Gasteiger partial charge on any atom is 0.270 e. The summed E-state index contributed by atoms with van der Waals surface area (Å²) in [7, 11) is -2.27. The molecule has 0 saturated carbocycles. The number of benzene rings is 1. The lowest BCUT2D eigenvalue weighted by Crippen LogP contribution is -2.26. The third kappa shape index (κ3) is 4.47. The Morgan fingerprint density at radius 2 is 1.91 bits per heavy atom. The van der Waals surface area contributed by atoms with Crippen LogP contribution in [-0.4, -0.2) is 31.6 Å². The molecule has 2 rings (SSSR count). The molecule has 0 aliphatic rings. The zero-order valence-electron chi connectivity index (χ0n) is 12.7. The maximum atomic E-state index is 12.3. The van der Waals surface area contributed by atoms with Crippen LogP contribution in [0.2, 0.25) is 0 Å². The van der Waals surface area contributed by atoms with Crippen molar-refractivity contribution in [1.82, 2.24) is 14.9 Å². The Balaban J connectivity index is 2.13. The molecule has 1 aromatic heterocycles. The van der Waals surface area contributed by atoms with Crippen LogP contribution in [0.3, 0.4) is 0 Å². The molecule has 0 saturated heterocycles. The van der Waals surface area contributed by atoms with E-state index >= 15 is 0 Å². The summed E-state index contributed by atoms with van der Waals surface area (Å²) in [4.78, 5) is 10.9. The number of nitrogens with one attached hydrogen (secondary N) is 2. The fourth-order valence-corrected chi connectivity index (χ4v) is 3.96. The lowest BCUT2D eigenvalue weighted by Gasteiger charge is -2.13. The molecule has 8 nitrogen and oxygen atoms in total. The summed E-state index contributed by atoms with van der Waals surface area (Å²) in [6.45, 7) is 3.02. The number of rotatable bonds is 6. The number of carbonyl (C=O) groups excluding carboxylic acids is 1. The average molecular weight is 356 g/mol. The van der Waals surface area contributed by atoms with E-state index in [2.05, 4.69) is 20.2 Å². The topological polar surface area (TPSA) is 110 Å². The minimum atomic E-state index is -3.83. The van der Waals surface area contributed by atoms with Crippen molar-refractivity contribution in [2.45, 2.75) is 24.2 Å². The van der Waals surface area contributed by atoms with E-state index in [-0.39, 0.29) is 15.4 Å². The molecule has 0 aliphatic heterocycles. The minimum Gasteiger partial charge on any atom is -0.497 e. The van der Waals surface area contributed by atoms with Crippen LogP contribution in [-0.2, 0) is 14.8 Å². The van der Waals surface area contributed by atoms with Gasteiger partial charge in [0.2, 0.25) is 15.4 Å². The lowest BCUT2D eigenvalue weighted by molar-refractivity contribution is -0.114. The van der Waals surface area contributed by atoms with Gasteiger partial charge in [-0.3, -0.25) is 4.79 Å². The van der Waals surface area contributed by atoms with Crippen molar-refractivity contribution in [1.29, 1.82) is 0 Å². The van der Waals surface area contributed by atoms with Crippen molar-refractivity contribution in [3.63, 3.8) is 0 Å². The van der Waals surface area contributed by atoms with Crippen LogP contribution >= 0.6 is 11.3 Å². The lowest BCUT2D eigenvalue weighted by atomic mass is 10.1. The van der Waals surface area contributed by atoms with Gasteiger partial charge in [-0.2, -0.15) is 0 Å². The van der Waals surface area contributed by atoms with Gasteiger partial charge in [0.1, 0.15) is 5.75 Å². The number of nitrogens with zero attached hydrogens (tertiary/aromatic N) is 2. The molecule has 10 heteroatoms. The van der Waals surface area contributed by atoms with E-state index in [0.717, 1.165) is 16.9 Å². The summed E-state index contributed by atoms with van der Waals surface area (Å²) in [6.07, 6.45) is 0. The second-order valence-corrected chi connectivity index (χ2v) is 7.54. The van der Waals surface area contributed by atoms with Gasteiger partial charge in [0, 0.05) is 13.0 Å². The molecule has 2 aromatic rings. The van der Waals surface area contributed by atoms with Gasteiger partial charge in [0.25, 0.3) is 10.0 Å². The third-order valence-corrected chi connectivity index (χ3v) is 5.61. The van der Waals surface area contributed by atoms with Crippen LogP contribution < -0.4 is 14.8 Å². The molecule has 0 unspecified atom stereocenters. The fourth-order valence-electron chi connectivity index (χ4n) is 1.76. The first-order valence-electron chi connectivity index (χ1n) is 6.59. The van der Waals surface area contributed by atoms with Gasteiger partial charge < -0.3 is 10.1 Å². The van der Waals surface area contributed by atoms with Crippen LogP contribution in [0, 0.1) is 0 Å². The highest BCUT2D eigenvalue weighted by Crippen LogP contribution is 2.23. The molecular weight excluding hydrogens is 340 g/mol. The zero-order chi connectivity index (χ0) is 17.0. The van der Waals surface area contributed by atoms with E-state index in [0.29, 0.717) is 5.75 Å². The SMILES string of the molecule is COc1ccc([C@H](C)NS(=O)(=O)c2nnc(NC(C)=O)s2)cc1.